The van der Waals surface area contributed by atoms with Gasteiger partial charge < -0.3 is 15.5 Å². The predicted molar refractivity (Wildman–Crippen MR) is 55.4 cm³/mol. The molecule has 0 unspecified atom stereocenters. The zero-order valence-corrected chi connectivity index (χ0v) is 10.2. The van der Waals surface area contributed by atoms with E-state index < -0.39 is 0 Å². The maximum Gasteiger partial charge on any atom is 0.168 e. The summed E-state index contributed by atoms with van der Waals surface area (Å²) in [6.45, 7) is 0. The summed E-state index contributed by atoms with van der Waals surface area (Å²) in [5.41, 5.74) is 2.31. The zero-order chi connectivity index (χ0) is 9.97. The van der Waals surface area contributed by atoms with E-state index in [2.05, 4.69) is 4.98 Å². The topological polar surface area (TPSA) is 91.9 Å². The number of benzene rings is 1. The zero-order valence-electron chi connectivity index (χ0n) is 9.04. The van der Waals surface area contributed by atoms with Gasteiger partial charge in [0.25, 0.3) is 0 Å². The number of aldehydes is 1. The predicted octanol–water partition coefficient (Wildman–Crippen LogP) is 1.66. The van der Waals surface area contributed by atoms with Crippen molar-refractivity contribution in [2.75, 3.05) is 0 Å². The van der Waals surface area contributed by atoms with Crippen LogP contribution in [-0.2, 0) is 35.1 Å². The molecule has 0 bridgehead atoms. The number of carbonyl (C=O) groups is 1. The van der Waals surface area contributed by atoms with Gasteiger partial charge in [-0.2, -0.15) is 0 Å². The molecule has 0 aliphatic carbocycles. The molecule has 0 N–H and O–H groups in total. The van der Waals surface area contributed by atoms with Crippen molar-refractivity contribution >= 4 is 6.29 Å². The molecular formula is C11H10MnN2O3-4. The van der Waals surface area contributed by atoms with Crippen molar-refractivity contribution in [3.05, 3.63) is 42.4 Å². The molecule has 1 aromatic heterocycles. The summed E-state index contributed by atoms with van der Waals surface area (Å²) in [6, 6.07) is 9.68. The fraction of sp³-hybridized carbons (Fsp3) is 0.0909. The maximum atomic E-state index is 10.8. The first kappa shape index (κ1) is 17.9. The van der Waals surface area contributed by atoms with Crippen molar-refractivity contribution in [1.29, 1.82) is 0 Å². The largest absolute Gasteiger partial charge is 2.00 e. The molecule has 0 amide bonds. The second-order valence-electron chi connectivity index (χ2n) is 3.07. The van der Waals surface area contributed by atoms with Crippen LogP contribution < -0.4 is 0 Å². The molecule has 1 aromatic carbocycles. The summed E-state index contributed by atoms with van der Waals surface area (Å²) in [6.07, 6.45) is 2.47. The molecule has 0 fully saturated rings. The van der Waals surface area contributed by atoms with Crippen LogP contribution in [0, 0.1) is 0 Å². The quantitative estimate of drug-likeness (QED) is 0.614. The molecule has 2 aromatic rings. The summed E-state index contributed by atoms with van der Waals surface area (Å²) in [5, 5.41) is 0. The number of aromatic nitrogens is 2. The molecule has 1 heterocycles. The Kier molecular flexibility index (Phi) is 8.17. The van der Waals surface area contributed by atoms with Gasteiger partial charge in [-0.3, -0.25) is 4.79 Å². The van der Waals surface area contributed by atoms with Crippen molar-refractivity contribution < 1.29 is 32.8 Å². The van der Waals surface area contributed by atoms with Crippen molar-refractivity contribution in [2.45, 2.75) is 0 Å². The first-order valence-corrected chi connectivity index (χ1v) is 4.35. The molecule has 0 spiro atoms. The van der Waals surface area contributed by atoms with Gasteiger partial charge in [-0.1, -0.05) is 30.3 Å². The third-order valence-electron chi connectivity index (χ3n) is 2.14. The number of aryl methyl sites for hydroxylation is 1. The van der Waals surface area contributed by atoms with Gasteiger partial charge in [0, 0.05) is 29.7 Å². The first-order valence-electron chi connectivity index (χ1n) is 4.35. The van der Waals surface area contributed by atoms with Crippen molar-refractivity contribution in [3.63, 3.8) is 0 Å². The Labute approximate surface area is 110 Å². The summed E-state index contributed by atoms with van der Waals surface area (Å²) in [4.78, 5) is 15.0. The number of hydrogen-bond donors (Lipinski definition) is 0. The van der Waals surface area contributed by atoms with Crippen LogP contribution in [0.2, 0.25) is 0 Å². The van der Waals surface area contributed by atoms with E-state index in [1.165, 1.54) is 0 Å². The molecule has 5 nitrogen and oxygen atoms in total. The van der Waals surface area contributed by atoms with Crippen molar-refractivity contribution in [3.8, 4) is 11.3 Å². The van der Waals surface area contributed by atoms with Crippen LogP contribution in [-0.4, -0.2) is 15.8 Å². The van der Waals surface area contributed by atoms with Gasteiger partial charge >= 0.3 is 0 Å². The van der Waals surface area contributed by atoms with Gasteiger partial charge in [-0.15, -0.1) is 0 Å². The Balaban J connectivity index is 0. The van der Waals surface area contributed by atoms with Crippen LogP contribution >= 0.6 is 0 Å². The Bertz CT molecular complexity index is 457. The first-order chi connectivity index (χ1) is 6.83. The average molecular weight is 273 g/mol. The van der Waals surface area contributed by atoms with Crippen LogP contribution in [0.1, 0.15) is 10.5 Å². The van der Waals surface area contributed by atoms with Gasteiger partial charge in [-0.05, 0) is 0 Å². The van der Waals surface area contributed by atoms with Gasteiger partial charge in [0.15, 0.2) is 6.29 Å². The normalized spacial score (nSPS) is 8.29. The van der Waals surface area contributed by atoms with Crippen LogP contribution in [0.3, 0.4) is 0 Å². The summed E-state index contributed by atoms with van der Waals surface area (Å²) in [5.74, 6) is 0. The molecule has 0 saturated carbocycles. The van der Waals surface area contributed by atoms with E-state index in [1.807, 2.05) is 37.4 Å². The van der Waals surface area contributed by atoms with Crippen LogP contribution in [0.4, 0.5) is 0 Å². The molecule has 93 valence electrons. The third kappa shape index (κ3) is 3.50. The monoisotopic (exact) mass is 273 g/mol. The van der Waals surface area contributed by atoms with Gasteiger partial charge in [-0.25, -0.2) is 4.98 Å². The summed E-state index contributed by atoms with van der Waals surface area (Å²) < 4.78 is 1.72. The molecule has 0 aliphatic rings. The fourth-order valence-electron chi connectivity index (χ4n) is 1.40. The molecule has 2 rings (SSSR count). The Hall–Kier alpha value is -1.46. The Morgan fingerprint density at radius 3 is 2.29 bits per heavy atom. The molecular weight excluding hydrogens is 263 g/mol. The smallest absolute Gasteiger partial charge is 0.168 e. The number of rotatable bonds is 2. The number of nitrogens with zero attached hydrogens (tertiary/aromatic N) is 2. The second kappa shape index (κ2) is 7.75. The summed E-state index contributed by atoms with van der Waals surface area (Å²) >= 11 is 0. The van der Waals surface area contributed by atoms with E-state index in [9.17, 15) is 4.79 Å². The summed E-state index contributed by atoms with van der Waals surface area (Å²) in [7, 11) is 1.81. The van der Waals surface area contributed by atoms with E-state index in [4.69, 9.17) is 0 Å². The SMILES string of the molecule is Cn1cnc(-c2ccccc2)c1C=O.[Mn].[O-2].[O-2]. The number of carbonyl (C=O) groups excluding carboxylic acids is 1. The molecule has 17 heavy (non-hydrogen) atoms. The minimum absolute atomic E-state index is 0. The van der Waals surface area contributed by atoms with Crippen LogP contribution in [0.15, 0.2) is 36.7 Å². The molecule has 0 saturated heterocycles. The molecule has 1 radical (unpaired) electrons. The fourth-order valence-corrected chi connectivity index (χ4v) is 1.40. The minimum Gasteiger partial charge on any atom is -2.00 e. The number of imidazole rings is 1. The minimum atomic E-state index is 0. The van der Waals surface area contributed by atoms with Crippen molar-refractivity contribution in [1.82, 2.24) is 9.55 Å². The maximum absolute atomic E-state index is 10.8. The molecule has 0 atom stereocenters. The van der Waals surface area contributed by atoms with E-state index in [-0.39, 0.29) is 28.0 Å². The van der Waals surface area contributed by atoms with Crippen LogP contribution in [0.5, 0.6) is 0 Å². The van der Waals surface area contributed by atoms with Gasteiger partial charge in [0.05, 0.1) is 12.0 Å². The standard InChI is InChI=1S/C11H10N2O.Mn.2O/c1-13-8-12-11(10(13)7-14)9-5-3-2-4-6-9;;;/h2-8H,1H3;;;/q;;2*-2. The Morgan fingerprint density at radius 2 is 1.76 bits per heavy atom. The third-order valence-corrected chi connectivity index (χ3v) is 2.14. The van der Waals surface area contributed by atoms with E-state index in [1.54, 1.807) is 10.9 Å². The second-order valence-corrected chi connectivity index (χ2v) is 3.07. The Morgan fingerprint density at radius 1 is 1.18 bits per heavy atom. The van der Waals surface area contributed by atoms with E-state index >= 15 is 0 Å². The average Bonchev–Trinajstić information content (AvgIpc) is 2.61. The van der Waals surface area contributed by atoms with Gasteiger partial charge in [0.1, 0.15) is 5.69 Å². The molecule has 6 heteroatoms. The number of hydrogen-bond acceptors (Lipinski definition) is 2. The molecule has 0 aliphatic heterocycles. The van der Waals surface area contributed by atoms with Crippen LogP contribution in [0.25, 0.3) is 11.3 Å². The van der Waals surface area contributed by atoms with Gasteiger partial charge in [0.2, 0.25) is 0 Å². The van der Waals surface area contributed by atoms with Crippen molar-refractivity contribution in [2.24, 2.45) is 7.05 Å². The van der Waals surface area contributed by atoms with E-state index in [0.29, 0.717) is 5.69 Å². The van der Waals surface area contributed by atoms with E-state index in [0.717, 1.165) is 17.5 Å².